The number of aromatic nitrogens is 3. The van der Waals surface area contributed by atoms with Crippen molar-refractivity contribution in [1.29, 1.82) is 0 Å². The number of rotatable bonds is 8. The molecule has 0 aliphatic heterocycles. The summed E-state index contributed by atoms with van der Waals surface area (Å²) in [7, 11) is 0. The van der Waals surface area contributed by atoms with Crippen LogP contribution in [0.25, 0.3) is 11.4 Å². The minimum atomic E-state index is -0.818. The third-order valence-electron chi connectivity index (χ3n) is 4.98. The minimum absolute atomic E-state index is 0.0459. The molecule has 3 N–H and O–H groups in total. The molecule has 0 unspecified atom stereocenters. The summed E-state index contributed by atoms with van der Waals surface area (Å²) in [6.45, 7) is 4.70. The molecule has 1 aromatic heterocycles. The second-order valence-electron chi connectivity index (χ2n) is 6.79. The lowest BCUT2D eigenvalue weighted by Gasteiger charge is -2.42. The van der Waals surface area contributed by atoms with Gasteiger partial charge in [0.2, 0.25) is 0 Å². The van der Waals surface area contributed by atoms with Crippen molar-refractivity contribution in [2.45, 2.75) is 45.2 Å². The van der Waals surface area contributed by atoms with Gasteiger partial charge in [-0.05, 0) is 31.5 Å². The number of aliphatic carboxylic acids is 1. The second kappa shape index (κ2) is 8.30. The summed E-state index contributed by atoms with van der Waals surface area (Å²) in [5.41, 5.74) is 1.45. The molecular weight excluding hydrogens is 346 g/mol. The van der Waals surface area contributed by atoms with Crippen LogP contribution in [0.4, 0.5) is 0 Å². The summed E-state index contributed by atoms with van der Waals surface area (Å²) < 4.78 is 0. The van der Waals surface area contributed by atoms with Gasteiger partial charge in [-0.25, -0.2) is 4.98 Å². The maximum absolute atomic E-state index is 12.4. The van der Waals surface area contributed by atoms with Crippen molar-refractivity contribution in [2.24, 2.45) is 0 Å². The van der Waals surface area contributed by atoms with Crippen LogP contribution >= 0.6 is 0 Å². The summed E-state index contributed by atoms with van der Waals surface area (Å²) in [6, 6.07) is 7.53. The van der Waals surface area contributed by atoms with E-state index < -0.39 is 5.97 Å². The standard InChI is InChI=1S/C19H25N5O3/c1-3-16-21-18(23-22-16)12-5-7-13(8-6-12)19(27)20-14-9-15(10-14)24(4-2)11-17(25)26/h5-8,14-15H,3-4,9-11H2,1-2H3,(H,20,27)(H,25,26)(H,21,22,23). The SMILES string of the molecule is CCc1nc(-c2ccc(C(=O)NC3CC(N(CC)CC(=O)O)C3)cc2)n[nH]1. The number of amides is 1. The van der Waals surface area contributed by atoms with Gasteiger partial charge < -0.3 is 10.4 Å². The van der Waals surface area contributed by atoms with Crippen molar-refractivity contribution in [3.05, 3.63) is 35.7 Å². The molecule has 0 spiro atoms. The van der Waals surface area contributed by atoms with Crippen molar-refractivity contribution in [3.8, 4) is 11.4 Å². The number of nitrogens with zero attached hydrogens (tertiary/aromatic N) is 3. The predicted molar refractivity (Wildman–Crippen MR) is 100 cm³/mol. The Hall–Kier alpha value is -2.74. The molecule has 144 valence electrons. The molecule has 1 saturated carbocycles. The molecule has 2 aromatic rings. The van der Waals surface area contributed by atoms with E-state index >= 15 is 0 Å². The summed E-state index contributed by atoms with van der Waals surface area (Å²) in [4.78, 5) is 29.6. The van der Waals surface area contributed by atoms with Gasteiger partial charge in [-0.2, -0.15) is 5.10 Å². The van der Waals surface area contributed by atoms with Crippen LogP contribution in [0.5, 0.6) is 0 Å². The summed E-state index contributed by atoms with van der Waals surface area (Å²) >= 11 is 0. The zero-order valence-corrected chi connectivity index (χ0v) is 15.6. The number of H-pyrrole nitrogens is 1. The number of hydrogen-bond acceptors (Lipinski definition) is 5. The van der Waals surface area contributed by atoms with Gasteiger partial charge >= 0.3 is 5.97 Å². The van der Waals surface area contributed by atoms with Gasteiger partial charge in [0.05, 0.1) is 6.54 Å². The highest BCUT2D eigenvalue weighted by atomic mass is 16.4. The molecule has 1 amide bonds. The first-order valence-corrected chi connectivity index (χ1v) is 9.28. The molecule has 8 heteroatoms. The monoisotopic (exact) mass is 371 g/mol. The minimum Gasteiger partial charge on any atom is -0.480 e. The Balaban J connectivity index is 1.52. The number of benzene rings is 1. The summed E-state index contributed by atoms with van der Waals surface area (Å²) in [6.07, 6.45) is 2.35. The van der Waals surface area contributed by atoms with E-state index in [9.17, 15) is 9.59 Å². The number of carboxylic acids is 1. The maximum atomic E-state index is 12.4. The number of nitrogens with one attached hydrogen (secondary N) is 2. The van der Waals surface area contributed by atoms with Crippen LogP contribution in [0.1, 0.15) is 42.9 Å². The zero-order chi connectivity index (χ0) is 19.4. The van der Waals surface area contributed by atoms with E-state index in [2.05, 4.69) is 20.5 Å². The average molecular weight is 371 g/mol. The van der Waals surface area contributed by atoms with E-state index in [1.54, 1.807) is 12.1 Å². The average Bonchev–Trinajstić information content (AvgIpc) is 3.11. The quantitative estimate of drug-likeness (QED) is 0.651. The highest BCUT2D eigenvalue weighted by Gasteiger charge is 2.34. The molecule has 0 saturated heterocycles. The fourth-order valence-corrected chi connectivity index (χ4v) is 3.30. The lowest BCUT2D eigenvalue weighted by Crippen LogP contribution is -2.54. The summed E-state index contributed by atoms with van der Waals surface area (Å²) in [5.74, 6) is 0.520. The number of carbonyl (C=O) groups is 2. The fourth-order valence-electron chi connectivity index (χ4n) is 3.30. The largest absolute Gasteiger partial charge is 0.480 e. The van der Waals surface area contributed by atoms with Crippen LogP contribution in [0.2, 0.25) is 0 Å². The lowest BCUT2D eigenvalue weighted by atomic mass is 9.85. The first-order chi connectivity index (χ1) is 13.0. The first kappa shape index (κ1) is 19.0. The van der Waals surface area contributed by atoms with Crippen LogP contribution in [0.3, 0.4) is 0 Å². The van der Waals surface area contributed by atoms with Crippen molar-refractivity contribution in [2.75, 3.05) is 13.1 Å². The second-order valence-corrected chi connectivity index (χ2v) is 6.79. The van der Waals surface area contributed by atoms with Gasteiger partial charge in [-0.3, -0.25) is 19.6 Å². The molecule has 1 fully saturated rings. The van der Waals surface area contributed by atoms with Crippen LogP contribution in [0, 0.1) is 0 Å². The Morgan fingerprint density at radius 1 is 1.26 bits per heavy atom. The topological polar surface area (TPSA) is 111 Å². The molecule has 0 radical (unpaired) electrons. The Kier molecular flexibility index (Phi) is 5.85. The van der Waals surface area contributed by atoms with Gasteiger partial charge in [0.25, 0.3) is 5.91 Å². The normalized spacial score (nSPS) is 18.9. The molecule has 1 aliphatic carbocycles. The fraction of sp³-hybridized carbons (Fsp3) is 0.474. The highest BCUT2D eigenvalue weighted by Crippen LogP contribution is 2.26. The molecule has 1 aromatic carbocycles. The van der Waals surface area contributed by atoms with E-state index in [1.165, 1.54) is 0 Å². The van der Waals surface area contributed by atoms with Crippen molar-refractivity contribution >= 4 is 11.9 Å². The highest BCUT2D eigenvalue weighted by molar-refractivity contribution is 5.94. The van der Waals surface area contributed by atoms with E-state index in [0.29, 0.717) is 17.9 Å². The van der Waals surface area contributed by atoms with Crippen LogP contribution in [0.15, 0.2) is 24.3 Å². The van der Waals surface area contributed by atoms with E-state index in [0.717, 1.165) is 30.7 Å². The van der Waals surface area contributed by atoms with Gasteiger partial charge in [-0.1, -0.05) is 26.0 Å². The predicted octanol–water partition coefficient (Wildman–Crippen LogP) is 1.70. The number of aromatic amines is 1. The molecular formula is C19H25N5O3. The molecule has 27 heavy (non-hydrogen) atoms. The van der Waals surface area contributed by atoms with Crippen LogP contribution < -0.4 is 5.32 Å². The van der Waals surface area contributed by atoms with Gasteiger partial charge in [0, 0.05) is 29.6 Å². The molecule has 0 bridgehead atoms. The number of aryl methyl sites for hydroxylation is 1. The first-order valence-electron chi connectivity index (χ1n) is 9.28. The van der Waals surface area contributed by atoms with Crippen molar-refractivity contribution in [3.63, 3.8) is 0 Å². The molecule has 1 aliphatic rings. The Bertz CT molecular complexity index is 796. The van der Waals surface area contributed by atoms with Crippen molar-refractivity contribution < 1.29 is 14.7 Å². The molecule has 8 nitrogen and oxygen atoms in total. The van der Waals surface area contributed by atoms with E-state index in [-0.39, 0.29) is 24.5 Å². The third kappa shape index (κ3) is 4.51. The van der Waals surface area contributed by atoms with E-state index in [4.69, 9.17) is 5.11 Å². The number of carboxylic acid groups (broad SMARTS) is 1. The van der Waals surface area contributed by atoms with Gasteiger partial charge in [0.15, 0.2) is 5.82 Å². The van der Waals surface area contributed by atoms with Crippen LogP contribution in [-0.2, 0) is 11.2 Å². The maximum Gasteiger partial charge on any atom is 0.317 e. The Morgan fingerprint density at radius 3 is 2.52 bits per heavy atom. The Morgan fingerprint density at radius 2 is 1.96 bits per heavy atom. The smallest absolute Gasteiger partial charge is 0.317 e. The van der Waals surface area contributed by atoms with E-state index in [1.807, 2.05) is 30.9 Å². The lowest BCUT2D eigenvalue weighted by molar-refractivity contribution is -0.139. The summed E-state index contributed by atoms with van der Waals surface area (Å²) in [5, 5.41) is 19.0. The molecule has 0 atom stereocenters. The van der Waals surface area contributed by atoms with Crippen molar-refractivity contribution in [1.82, 2.24) is 25.4 Å². The molecule has 3 rings (SSSR count). The number of carbonyl (C=O) groups excluding carboxylic acids is 1. The third-order valence-corrected chi connectivity index (χ3v) is 4.98. The number of hydrogen-bond donors (Lipinski definition) is 3. The van der Waals surface area contributed by atoms with Crippen LogP contribution in [-0.4, -0.2) is 62.2 Å². The Labute approximate surface area is 158 Å². The number of likely N-dealkylation sites (N-methyl/N-ethyl adjacent to an activating group) is 1. The zero-order valence-electron chi connectivity index (χ0n) is 15.6. The van der Waals surface area contributed by atoms with Gasteiger partial charge in [-0.15, -0.1) is 0 Å². The molecule has 1 heterocycles. The van der Waals surface area contributed by atoms with Gasteiger partial charge in [0.1, 0.15) is 5.82 Å².